The average molecular weight is 224 g/mol. The first-order chi connectivity index (χ1) is 6.02. The van der Waals surface area contributed by atoms with Crippen molar-refractivity contribution in [1.29, 1.82) is 0 Å². The van der Waals surface area contributed by atoms with E-state index in [0.29, 0.717) is 5.56 Å². The molecular formula is C9H6Na2O4. The summed E-state index contributed by atoms with van der Waals surface area (Å²) in [6.07, 6.45) is 0. The smallest absolute Gasteiger partial charge is 0.545 e. The van der Waals surface area contributed by atoms with E-state index in [4.69, 9.17) is 0 Å². The van der Waals surface area contributed by atoms with Gasteiger partial charge in [-0.1, -0.05) is 12.1 Å². The first-order valence-electron chi connectivity index (χ1n) is 3.55. The van der Waals surface area contributed by atoms with Crippen molar-refractivity contribution in [2.24, 2.45) is 0 Å². The van der Waals surface area contributed by atoms with Gasteiger partial charge >= 0.3 is 59.1 Å². The molecule has 0 saturated carbocycles. The van der Waals surface area contributed by atoms with E-state index in [-0.39, 0.29) is 70.2 Å². The quantitative estimate of drug-likeness (QED) is 0.467. The van der Waals surface area contributed by atoms with E-state index in [1.165, 1.54) is 12.1 Å². The Morgan fingerprint density at radius 3 is 2.00 bits per heavy atom. The normalized spacial score (nSPS) is 8.33. The van der Waals surface area contributed by atoms with Crippen LogP contribution in [-0.2, 0) is 0 Å². The van der Waals surface area contributed by atoms with Gasteiger partial charge in [0.05, 0.1) is 11.9 Å². The van der Waals surface area contributed by atoms with Crippen LogP contribution in [0.5, 0.6) is 0 Å². The van der Waals surface area contributed by atoms with E-state index in [0.717, 1.165) is 6.07 Å². The Morgan fingerprint density at radius 1 is 1.07 bits per heavy atom. The van der Waals surface area contributed by atoms with E-state index in [1.807, 2.05) is 0 Å². The molecule has 0 unspecified atom stereocenters. The van der Waals surface area contributed by atoms with Crippen LogP contribution in [0.4, 0.5) is 0 Å². The molecule has 0 saturated heterocycles. The van der Waals surface area contributed by atoms with E-state index >= 15 is 0 Å². The van der Waals surface area contributed by atoms with Gasteiger partial charge in [-0.2, -0.15) is 0 Å². The zero-order valence-electron chi connectivity index (χ0n) is 8.87. The molecule has 0 bridgehead atoms. The Morgan fingerprint density at radius 2 is 1.60 bits per heavy atom. The molecule has 1 aromatic rings. The minimum Gasteiger partial charge on any atom is -0.545 e. The molecule has 0 aromatic heterocycles. The second kappa shape index (κ2) is 7.44. The number of hydrogen-bond donors (Lipinski definition) is 0. The van der Waals surface area contributed by atoms with Gasteiger partial charge in [0.2, 0.25) is 0 Å². The minimum atomic E-state index is -1.40. The van der Waals surface area contributed by atoms with Crippen LogP contribution in [-0.4, -0.2) is 11.9 Å². The Balaban J connectivity index is 0. The standard InChI is InChI=1S/C9H8O4.2Na/c1-5-2-3-6(8(10)11)4-7(5)9(12)13;;/h2-4H,1H3,(H,10,11)(H,12,13);;/q;2*+1/p-2. The third-order valence-corrected chi connectivity index (χ3v) is 1.69. The van der Waals surface area contributed by atoms with Crippen molar-refractivity contribution in [1.82, 2.24) is 0 Å². The molecule has 15 heavy (non-hydrogen) atoms. The van der Waals surface area contributed by atoms with Gasteiger partial charge < -0.3 is 19.8 Å². The third-order valence-electron chi connectivity index (χ3n) is 1.69. The van der Waals surface area contributed by atoms with Gasteiger partial charge in [-0.25, -0.2) is 0 Å². The van der Waals surface area contributed by atoms with Crippen LogP contribution in [0.25, 0.3) is 0 Å². The van der Waals surface area contributed by atoms with Crippen molar-refractivity contribution in [2.75, 3.05) is 0 Å². The topological polar surface area (TPSA) is 80.3 Å². The van der Waals surface area contributed by atoms with Crippen molar-refractivity contribution in [3.63, 3.8) is 0 Å². The van der Waals surface area contributed by atoms with E-state index in [9.17, 15) is 19.8 Å². The van der Waals surface area contributed by atoms with Crippen molar-refractivity contribution in [2.45, 2.75) is 6.92 Å². The molecule has 0 atom stereocenters. The number of carboxylic acids is 2. The number of rotatable bonds is 2. The van der Waals surface area contributed by atoms with E-state index in [1.54, 1.807) is 6.92 Å². The number of aromatic carboxylic acids is 2. The first-order valence-corrected chi connectivity index (χ1v) is 3.55. The van der Waals surface area contributed by atoms with E-state index < -0.39 is 11.9 Å². The molecule has 0 aliphatic rings. The Labute approximate surface area is 131 Å². The molecule has 0 aliphatic heterocycles. The zero-order valence-corrected chi connectivity index (χ0v) is 12.9. The van der Waals surface area contributed by atoms with Crippen LogP contribution in [0.3, 0.4) is 0 Å². The summed E-state index contributed by atoms with van der Waals surface area (Å²) < 4.78 is 0. The molecule has 0 aliphatic carbocycles. The molecule has 6 heteroatoms. The van der Waals surface area contributed by atoms with E-state index in [2.05, 4.69) is 0 Å². The number of benzene rings is 1. The van der Waals surface area contributed by atoms with Gasteiger partial charge in [-0.3, -0.25) is 0 Å². The van der Waals surface area contributed by atoms with Gasteiger partial charge in [0.15, 0.2) is 0 Å². The van der Waals surface area contributed by atoms with Crippen LogP contribution in [0, 0.1) is 6.92 Å². The van der Waals surface area contributed by atoms with Crippen LogP contribution in [0.1, 0.15) is 26.3 Å². The molecule has 68 valence electrons. The second-order valence-corrected chi connectivity index (χ2v) is 2.60. The molecule has 1 rings (SSSR count). The van der Waals surface area contributed by atoms with Crippen molar-refractivity contribution in [3.8, 4) is 0 Å². The molecule has 0 radical (unpaired) electrons. The van der Waals surface area contributed by atoms with Gasteiger partial charge in [-0.15, -0.1) is 0 Å². The SMILES string of the molecule is Cc1ccc(C(=O)[O-])cc1C(=O)[O-].[Na+].[Na+]. The van der Waals surface area contributed by atoms with Crippen molar-refractivity contribution >= 4 is 11.9 Å². The third kappa shape index (κ3) is 4.68. The Hall–Kier alpha value is 0.160. The summed E-state index contributed by atoms with van der Waals surface area (Å²) in [5.41, 5.74) is 0.177. The molecular weight excluding hydrogens is 218 g/mol. The summed E-state index contributed by atoms with van der Waals surface area (Å²) in [6, 6.07) is 3.72. The summed E-state index contributed by atoms with van der Waals surface area (Å²) in [7, 11) is 0. The van der Waals surface area contributed by atoms with Crippen LogP contribution in [0.15, 0.2) is 18.2 Å². The monoisotopic (exact) mass is 224 g/mol. The number of aryl methyl sites for hydroxylation is 1. The number of hydrogen-bond acceptors (Lipinski definition) is 4. The number of carboxylic acid groups (broad SMARTS) is 2. The molecule has 0 N–H and O–H groups in total. The summed E-state index contributed by atoms with van der Waals surface area (Å²) in [5.74, 6) is -2.79. The van der Waals surface area contributed by atoms with Crippen molar-refractivity contribution in [3.05, 3.63) is 34.9 Å². The molecule has 1 aromatic carbocycles. The fourth-order valence-electron chi connectivity index (χ4n) is 0.969. The van der Waals surface area contributed by atoms with Crippen LogP contribution >= 0.6 is 0 Å². The summed E-state index contributed by atoms with van der Waals surface area (Å²) in [6.45, 7) is 1.56. The second-order valence-electron chi connectivity index (χ2n) is 2.60. The summed E-state index contributed by atoms with van der Waals surface area (Å²) in [5, 5.41) is 20.8. The fourth-order valence-corrected chi connectivity index (χ4v) is 0.969. The molecule has 0 fully saturated rings. The zero-order chi connectivity index (χ0) is 10.0. The Bertz CT molecular complexity index is 376. The van der Waals surface area contributed by atoms with Crippen molar-refractivity contribution < 1.29 is 78.9 Å². The van der Waals surface area contributed by atoms with Gasteiger partial charge in [0.25, 0.3) is 0 Å². The molecule has 4 nitrogen and oxygen atoms in total. The van der Waals surface area contributed by atoms with Crippen LogP contribution < -0.4 is 69.3 Å². The molecule has 0 heterocycles. The largest absolute Gasteiger partial charge is 1.00 e. The fraction of sp³-hybridized carbons (Fsp3) is 0.111. The van der Waals surface area contributed by atoms with Gasteiger partial charge in [0.1, 0.15) is 0 Å². The molecule has 0 amide bonds. The predicted molar refractivity (Wildman–Crippen MR) is 39.8 cm³/mol. The maximum Gasteiger partial charge on any atom is 1.00 e. The first kappa shape index (κ1) is 17.6. The number of carbonyl (C=O) groups is 2. The predicted octanol–water partition coefficient (Wildman–Crippen LogP) is -7.27. The maximum atomic E-state index is 10.5. The Kier molecular flexibility index (Phi) is 8.70. The maximum absolute atomic E-state index is 10.5. The summed E-state index contributed by atoms with van der Waals surface area (Å²) >= 11 is 0. The number of carbonyl (C=O) groups excluding carboxylic acids is 2. The minimum absolute atomic E-state index is 0. The van der Waals surface area contributed by atoms with Crippen LogP contribution in [0.2, 0.25) is 0 Å². The van der Waals surface area contributed by atoms with Gasteiger partial charge in [-0.05, 0) is 24.1 Å². The summed E-state index contributed by atoms with van der Waals surface area (Å²) in [4.78, 5) is 20.8. The molecule has 0 spiro atoms. The average Bonchev–Trinajstić information content (AvgIpc) is 2.04. The van der Waals surface area contributed by atoms with Gasteiger partial charge in [0, 0.05) is 5.56 Å².